The third kappa shape index (κ3) is 4.98. The summed E-state index contributed by atoms with van der Waals surface area (Å²) < 4.78 is 0. The number of hydrogen-bond acceptors (Lipinski definition) is 1. The zero-order valence-electron chi connectivity index (χ0n) is 5.94. The SMILES string of the molecule is C[CH-]N(CC)CC.[Hf]. The topological polar surface area (TPSA) is 3.24 Å². The summed E-state index contributed by atoms with van der Waals surface area (Å²) in [5, 5.41) is 0. The van der Waals surface area contributed by atoms with Crippen molar-refractivity contribution in [2.75, 3.05) is 13.1 Å². The Morgan fingerprint density at radius 3 is 1.62 bits per heavy atom. The summed E-state index contributed by atoms with van der Waals surface area (Å²) in [6.07, 6.45) is 0. The van der Waals surface area contributed by atoms with E-state index in [1.54, 1.807) is 0 Å². The monoisotopic (exact) mass is 280 g/mol. The van der Waals surface area contributed by atoms with Crippen LogP contribution in [0, 0.1) is 6.54 Å². The van der Waals surface area contributed by atoms with Gasteiger partial charge in [0, 0.05) is 25.8 Å². The van der Waals surface area contributed by atoms with Crippen molar-refractivity contribution in [2.45, 2.75) is 20.8 Å². The first-order chi connectivity index (χ1) is 3.35. The third-order valence-corrected chi connectivity index (χ3v) is 1.18. The minimum Gasteiger partial charge on any atom is -0.457 e. The molecule has 0 N–H and O–H groups in total. The van der Waals surface area contributed by atoms with Gasteiger partial charge in [-0.15, -0.1) is 0 Å². The molecule has 1 nitrogen and oxygen atoms in total. The Balaban J connectivity index is 0. The van der Waals surface area contributed by atoms with Crippen molar-refractivity contribution >= 4 is 0 Å². The van der Waals surface area contributed by atoms with Crippen LogP contribution in [-0.4, -0.2) is 18.0 Å². The molecular weight excluding hydrogens is 265 g/mol. The molecule has 0 radical (unpaired) electrons. The molecule has 0 saturated heterocycles. The molecule has 0 heterocycles. The van der Waals surface area contributed by atoms with Gasteiger partial charge < -0.3 is 4.90 Å². The van der Waals surface area contributed by atoms with Gasteiger partial charge in [-0.05, 0) is 13.1 Å². The molecule has 0 amide bonds. The van der Waals surface area contributed by atoms with E-state index in [1.165, 1.54) is 0 Å². The van der Waals surface area contributed by atoms with E-state index in [4.69, 9.17) is 0 Å². The average molecular weight is 279 g/mol. The molecule has 8 heavy (non-hydrogen) atoms. The van der Waals surface area contributed by atoms with Crippen LogP contribution in [-0.2, 0) is 25.8 Å². The van der Waals surface area contributed by atoms with E-state index in [-0.39, 0.29) is 25.8 Å². The minimum absolute atomic E-state index is 0. The Labute approximate surface area is 71.2 Å². The van der Waals surface area contributed by atoms with Crippen molar-refractivity contribution in [3.8, 4) is 0 Å². The van der Waals surface area contributed by atoms with Crippen molar-refractivity contribution in [3.05, 3.63) is 6.54 Å². The zero-order valence-corrected chi connectivity index (χ0v) is 9.53. The predicted molar refractivity (Wildman–Crippen MR) is 32.9 cm³/mol. The maximum atomic E-state index is 2.25. The molecule has 0 saturated carbocycles. The van der Waals surface area contributed by atoms with Crippen LogP contribution in [0.15, 0.2) is 0 Å². The van der Waals surface area contributed by atoms with Gasteiger partial charge in [0.05, 0.1) is 0 Å². The molecule has 0 aromatic heterocycles. The summed E-state index contributed by atoms with van der Waals surface area (Å²) in [6, 6.07) is 0. The summed E-state index contributed by atoms with van der Waals surface area (Å²) in [4.78, 5) is 2.25. The van der Waals surface area contributed by atoms with Crippen molar-refractivity contribution in [3.63, 3.8) is 0 Å². The Kier molecular flexibility index (Phi) is 11.4. The fourth-order valence-electron chi connectivity index (χ4n) is 0.589. The second-order valence-corrected chi connectivity index (χ2v) is 1.48. The van der Waals surface area contributed by atoms with Crippen molar-refractivity contribution in [2.24, 2.45) is 0 Å². The fraction of sp³-hybridized carbons (Fsp3) is 0.833. The zero-order chi connectivity index (χ0) is 5.70. The van der Waals surface area contributed by atoms with Gasteiger partial charge in [0.15, 0.2) is 0 Å². The maximum Gasteiger partial charge on any atom is 0 e. The van der Waals surface area contributed by atoms with E-state index in [0.29, 0.717) is 0 Å². The van der Waals surface area contributed by atoms with Crippen LogP contribution in [0.3, 0.4) is 0 Å². The summed E-state index contributed by atoms with van der Waals surface area (Å²) in [5.74, 6) is 0. The van der Waals surface area contributed by atoms with E-state index < -0.39 is 0 Å². The summed E-state index contributed by atoms with van der Waals surface area (Å²) in [5.41, 5.74) is 0. The molecule has 0 aromatic rings. The second kappa shape index (κ2) is 7.83. The van der Waals surface area contributed by atoms with Gasteiger partial charge in [-0.3, -0.25) is 6.54 Å². The quantitative estimate of drug-likeness (QED) is 0.559. The van der Waals surface area contributed by atoms with Gasteiger partial charge in [-0.1, -0.05) is 13.8 Å². The van der Waals surface area contributed by atoms with Crippen LogP contribution in [0.25, 0.3) is 0 Å². The van der Waals surface area contributed by atoms with Crippen LogP contribution in [0.2, 0.25) is 0 Å². The molecule has 0 atom stereocenters. The van der Waals surface area contributed by atoms with Gasteiger partial charge in [0.25, 0.3) is 0 Å². The Morgan fingerprint density at radius 1 is 1.25 bits per heavy atom. The number of nitrogens with zero attached hydrogens (tertiary/aromatic N) is 1. The van der Waals surface area contributed by atoms with Crippen LogP contribution >= 0.6 is 0 Å². The standard InChI is InChI=1S/C6H14N.Hf/c1-4-7(5-2)6-3;/h4H,5-6H2,1-3H3;/q-1;. The van der Waals surface area contributed by atoms with E-state index in [9.17, 15) is 0 Å². The van der Waals surface area contributed by atoms with Crippen LogP contribution in [0.1, 0.15) is 20.8 Å². The van der Waals surface area contributed by atoms with E-state index >= 15 is 0 Å². The largest absolute Gasteiger partial charge is 0.457 e. The van der Waals surface area contributed by atoms with E-state index in [0.717, 1.165) is 13.1 Å². The normalized spacial score (nSPS) is 9.00. The molecule has 48 valence electrons. The molecule has 0 aliphatic carbocycles. The maximum absolute atomic E-state index is 2.25. The molecule has 0 unspecified atom stereocenters. The molecular formula is C6H14HfN-. The predicted octanol–water partition coefficient (Wildman–Crippen LogP) is 1.51. The number of hydrogen-bond donors (Lipinski definition) is 0. The molecule has 0 spiro atoms. The summed E-state index contributed by atoms with van der Waals surface area (Å²) in [6.45, 7) is 10.8. The molecule has 0 fully saturated rings. The molecule has 0 aliphatic heterocycles. The Bertz CT molecular complexity index is 30.0. The molecule has 0 aliphatic rings. The first-order valence-corrected chi connectivity index (χ1v) is 2.88. The summed E-state index contributed by atoms with van der Waals surface area (Å²) >= 11 is 0. The van der Waals surface area contributed by atoms with Crippen LogP contribution in [0.5, 0.6) is 0 Å². The Morgan fingerprint density at radius 2 is 1.62 bits per heavy atom. The first kappa shape index (κ1) is 11.6. The molecule has 0 rings (SSSR count). The van der Waals surface area contributed by atoms with Gasteiger partial charge in [0.1, 0.15) is 0 Å². The van der Waals surface area contributed by atoms with Crippen molar-refractivity contribution in [1.29, 1.82) is 0 Å². The average Bonchev–Trinajstić information content (AvgIpc) is 1.72. The first-order valence-electron chi connectivity index (χ1n) is 2.88. The minimum atomic E-state index is 0. The van der Waals surface area contributed by atoms with Crippen LogP contribution in [0.4, 0.5) is 0 Å². The van der Waals surface area contributed by atoms with Gasteiger partial charge >= 0.3 is 0 Å². The Hall–Kier alpha value is 0.830. The van der Waals surface area contributed by atoms with E-state index in [1.807, 2.05) is 0 Å². The third-order valence-electron chi connectivity index (χ3n) is 1.18. The smallest absolute Gasteiger partial charge is 0 e. The summed E-state index contributed by atoms with van der Waals surface area (Å²) in [7, 11) is 0. The number of rotatable bonds is 3. The molecule has 0 aromatic carbocycles. The van der Waals surface area contributed by atoms with E-state index in [2.05, 4.69) is 32.2 Å². The van der Waals surface area contributed by atoms with Gasteiger partial charge in [-0.2, -0.15) is 6.92 Å². The fourth-order valence-corrected chi connectivity index (χ4v) is 0.589. The van der Waals surface area contributed by atoms with Crippen LogP contribution < -0.4 is 0 Å². The van der Waals surface area contributed by atoms with Gasteiger partial charge in [-0.25, -0.2) is 0 Å². The second-order valence-electron chi connectivity index (χ2n) is 1.48. The van der Waals surface area contributed by atoms with Crippen molar-refractivity contribution < 1.29 is 25.8 Å². The van der Waals surface area contributed by atoms with Crippen molar-refractivity contribution in [1.82, 2.24) is 4.90 Å². The van der Waals surface area contributed by atoms with Gasteiger partial charge in [0.2, 0.25) is 0 Å². The molecule has 0 bridgehead atoms. The molecule has 2 heteroatoms.